The van der Waals surface area contributed by atoms with E-state index in [1.54, 1.807) is 6.20 Å². The van der Waals surface area contributed by atoms with Gasteiger partial charge in [-0.3, -0.25) is 4.90 Å². The smallest absolute Gasteiger partial charge is 0.119 e. The van der Waals surface area contributed by atoms with Crippen LogP contribution in [0.1, 0.15) is 0 Å². The highest BCUT2D eigenvalue weighted by atomic mass is 35.5. The fraction of sp³-hybridized carbons (Fsp3) is 0.750. The summed E-state index contributed by atoms with van der Waals surface area (Å²) < 4.78 is 5.28. The van der Waals surface area contributed by atoms with Crippen molar-refractivity contribution in [2.24, 2.45) is 0 Å². The van der Waals surface area contributed by atoms with Crippen LogP contribution in [0.25, 0.3) is 0 Å². The molecule has 2 N–H and O–H groups in total. The fourth-order valence-corrected chi connectivity index (χ4v) is 1.82. The molecule has 1 unspecified atom stereocenters. The van der Waals surface area contributed by atoms with Gasteiger partial charge in [-0.05, 0) is 0 Å². The Morgan fingerprint density at radius 3 is 2.92 bits per heavy atom. The number of ether oxygens (including phenoxy) is 1. The van der Waals surface area contributed by atoms with E-state index in [4.69, 9.17) is 16.3 Å². The molecule has 1 fully saturated rings. The first-order valence-corrected chi connectivity index (χ1v) is 4.91. The average molecular weight is 204 g/mol. The predicted molar refractivity (Wildman–Crippen MR) is 51.3 cm³/mol. The first kappa shape index (κ1) is 9.12. The lowest BCUT2D eigenvalue weighted by molar-refractivity contribution is 0.0113. The standard InChI is InChI=1S/C8H14ClN3O/c9-7-5-10-6-8(11-7)12-1-3-13-4-2-12/h5,8,10-11H,1-4,6H2. The van der Waals surface area contributed by atoms with Crippen LogP contribution in [-0.4, -0.2) is 43.9 Å². The van der Waals surface area contributed by atoms with Gasteiger partial charge in [0.1, 0.15) is 5.16 Å². The van der Waals surface area contributed by atoms with Gasteiger partial charge in [-0.15, -0.1) is 0 Å². The Kier molecular flexibility index (Phi) is 2.93. The molecule has 0 bridgehead atoms. The Bertz CT molecular complexity index is 204. The summed E-state index contributed by atoms with van der Waals surface area (Å²) in [7, 11) is 0. The maximum Gasteiger partial charge on any atom is 0.119 e. The van der Waals surface area contributed by atoms with Gasteiger partial charge in [-0.25, -0.2) is 0 Å². The average Bonchev–Trinajstić information content (AvgIpc) is 2.19. The molecule has 2 rings (SSSR count). The van der Waals surface area contributed by atoms with E-state index in [1.165, 1.54) is 0 Å². The zero-order chi connectivity index (χ0) is 9.10. The topological polar surface area (TPSA) is 36.5 Å². The third kappa shape index (κ3) is 2.27. The van der Waals surface area contributed by atoms with Gasteiger partial charge in [0, 0.05) is 25.8 Å². The minimum absolute atomic E-state index is 0.307. The van der Waals surface area contributed by atoms with E-state index >= 15 is 0 Å². The minimum Gasteiger partial charge on any atom is -0.385 e. The number of nitrogens with one attached hydrogen (secondary N) is 2. The minimum atomic E-state index is 0.307. The van der Waals surface area contributed by atoms with Crippen LogP contribution in [0.3, 0.4) is 0 Å². The number of hydrogen-bond acceptors (Lipinski definition) is 4. The molecule has 4 nitrogen and oxygen atoms in total. The quantitative estimate of drug-likeness (QED) is 0.583. The van der Waals surface area contributed by atoms with Gasteiger partial charge < -0.3 is 15.4 Å². The van der Waals surface area contributed by atoms with Crippen molar-refractivity contribution in [1.82, 2.24) is 15.5 Å². The van der Waals surface area contributed by atoms with Crippen LogP contribution in [0, 0.1) is 0 Å². The van der Waals surface area contributed by atoms with E-state index in [0.29, 0.717) is 11.3 Å². The van der Waals surface area contributed by atoms with Crippen LogP contribution in [0.5, 0.6) is 0 Å². The van der Waals surface area contributed by atoms with Crippen molar-refractivity contribution in [3.63, 3.8) is 0 Å². The monoisotopic (exact) mass is 203 g/mol. The van der Waals surface area contributed by atoms with Crippen molar-refractivity contribution in [3.8, 4) is 0 Å². The van der Waals surface area contributed by atoms with Crippen molar-refractivity contribution < 1.29 is 4.74 Å². The maximum absolute atomic E-state index is 5.86. The third-order valence-electron chi connectivity index (χ3n) is 2.33. The Morgan fingerprint density at radius 1 is 1.46 bits per heavy atom. The van der Waals surface area contributed by atoms with Crippen molar-refractivity contribution >= 4 is 11.6 Å². The second-order valence-electron chi connectivity index (χ2n) is 3.21. The lowest BCUT2D eigenvalue weighted by Gasteiger charge is -2.36. The molecular weight excluding hydrogens is 190 g/mol. The van der Waals surface area contributed by atoms with Gasteiger partial charge in [0.15, 0.2) is 0 Å². The number of halogens is 1. The molecule has 0 spiro atoms. The molecule has 2 heterocycles. The SMILES string of the molecule is ClC1=CNCC(N2CCOCC2)N1. The summed E-state index contributed by atoms with van der Waals surface area (Å²) in [6, 6.07) is 0. The van der Waals surface area contributed by atoms with Crippen LogP contribution >= 0.6 is 11.6 Å². The highest BCUT2D eigenvalue weighted by molar-refractivity contribution is 6.29. The van der Waals surface area contributed by atoms with E-state index in [2.05, 4.69) is 15.5 Å². The molecule has 0 aromatic carbocycles. The van der Waals surface area contributed by atoms with Gasteiger partial charge in [-0.2, -0.15) is 0 Å². The molecule has 0 radical (unpaired) electrons. The van der Waals surface area contributed by atoms with Crippen LogP contribution in [-0.2, 0) is 4.74 Å². The van der Waals surface area contributed by atoms with Crippen molar-refractivity contribution in [3.05, 3.63) is 11.4 Å². The first-order valence-electron chi connectivity index (χ1n) is 4.53. The van der Waals surface area contributed by atoms with Gasteiger partial charge in [0.05, 0.1) is 19.4 Å². The van der Waals surface area contributed by atoms with Crippen LogP contribution in [0.2, 0.25) is 0 Å². The molecule has 0 amide bonds. The summed E-state index contributed by atoms with van der Waals surface area (Å²) in [5, 5.41) is 7.05. The summed E-state index contributed by atoms with van der Waals surface area (Å²) in [5.74, 6) is 0. The van der Waals surface area contributed by atoms with Crippen molar-refractivity contribution in [2.45, 2.75) is 6.17 Å². The highest BCUT2D eigenvalue weighted by Gasteiger charge is 2.22. The van der Waals surface area contributed by atoms with Crippen LogP contribution in [0.4, 0.5) is 0 Å². The Labute approximate surface area is 82.9 Å². The summed E-state index contributed by atoms with van der Waals surface area (Å²) >= 11 is 5.86. The zero-order valence-corrected chi connectivity index (χ0v) is 8.18. The van der Waals surface area contributed by atoms with E-state index < -0.39 is 0 Å². The summed E-state index contributed by atoms with van der Waals surface area (Å²) in [5.41, 5.74) is 0. The van der Waals surface area contributed by atoms with Crippen molar-refractivity contribution in [1.29, 1.82) is 0 Å². The molecule has 0 aromatic heterocycles. The molecule has 2 aliphatic heterocycles. The summed E-state index contributed by atoms with van der Waals surface area (Å²) in [6.07, 6.45) is 2.10. The van der Waals surface area contributed by atoms with E-state index in [9.17, 15) is 0 Å². The molecular formula is C8H14ClN3O. The van der Waals surface area contributed by atoms with Gasteiger partial charge >= 0.3 is 0 Å². The Balaban J connectivity index is 1.89. The second kappa shape index (κ2) is 4.17. The van der Waals surface area contributed by atoms with Gasteiger partial charge in [-0.1, -0.05) is 11.6 Å². The third-order valence-corrected chi connectivity index (χ3v) is 2.55. The van der Waals surface area contributed by atoms with Crippen LogP contribution < -0.4 is 10.6 Å². The normalized spacial score (nSPS) is 30.2. The molecule has 0 aliphatic carbocycles. The molecule has 5 heteroatoms. The maximum atomic E-state index is 5.86. The van der Waals surface area contributed by atoms with E-state index in [-0.39, 0.29) is 0 Å². The lowest BCUT2D eigenvalue weighted by Crippen LogP contribution is -2.55. The first-order chi connectivity index (χ1) is 6.36. The fourth-order valence-electron chi connectivity index (χ4n) is 1.62. The Hall–Kier alpha value is -0.450. The van der Waals surface area contributed by atoms with Crippen LogP contribution in [0.15, 0.2) is 11.4 Å². The summed E-state index contributed by atoms with van der Waals surface area (Å²) in [4.78, 5) is 2.34. The van der Waals surface area contributed by atoms with Gasteiger partial charge in [0.2, 0.25) is 0 Å². The molecule has 0 saturated carbocycles. The number of hydrogen-bond donors (Lipinski definition) is 2. The molecule has 0 aromatic rings. The highest BCUT2D eigenvalue weighted by Crippen LogP contribution is 2.07. The zero-order valence-electron chi connectivity index (χ0n) is 7.42. The van der Waals surface area contributed by atoms with Gasteiger partial charge in [0.25, 0.3) is 0 Å². The number of nitrogens with zero attached hydrogens (tertiary/aromatic N) is 1. The molecule has 74 valence electrons. The largest absolute Gasteiger partial charge is 0.385 e. The van der Waals surface area contributed by atoms with E-state index in [0.717, 1.165) is 32.8 Å². The molecule has 13 heavy (non-hydrogen) atoms. The van der Waals surface area contributed by atoms with E-state index in [1.807, 2.05) is 0 Å². The molecule has 2 aliphatic rings. The number of morpholine rings is 1. The lowest BCUT2D eigenvalue weighted by atomic mass is 10.3. The molecule has 1 atom stereocenters. The number of rotatable bonds is 1. The summed E-state index contributed by atoms with van der Waals surface area (Å²) in [6.45, 7) is 4.49. The Morgan fingerprint density at radius 2 is 2.23 bits per heavy atom. The second-order valence-corrected chi connectivity index (χ2v) is 3.62. The predicted octanol–water partition coefficient (Wildman–Crippen LogP) is -0.125. The molecule has 1 saturated heterocycles. The van der Waals surface area contributed by atoms with Crippen molar-refractivity contribution in [2.75, 3.05) is 32.8 Å².